The van der Waals surface area contributed by atoms with Crippen molar-refractivity contribution in [3.05, 3.63) is 47.2 Å². The number of rotatable bonds is 4. The molecule has 2 amide bonds. The molecule has 0 aliphatic carbocycles. The molecule has 0 atom stereocenters. The summed E-state index contributed by atoms with van der Waals surface area (Å²) >= 11 is 0. The monoisotopic (exact) mass is 299 g/mol. The van der Waals surface area contributed by atoms with Crippen LogP contribution in [0.2, 0.25) is 0 Å². The second kappa shape index (κ2) is 6.62. The number of hydrogen-bond acceptors (Lipinski definition) is 3. The molecule has 1 aromatic carbocycles. The highest BCUT2D eigenvalue weighted by atomic mass is 16.2. The van der Waals surface area contributed by atoms with E-state index in [9.17, 15) is 4.79 Å². The molecule has 0 saturated heterocycles. The minimum atomic E-state index is -0.205. The molecule has 3 N–H and O–H groups in total. The van der Waals surface area contributed by atoms with Crippen LogP contribution in [-0.2, 0) is 19.5 Å². The topological polar surface area (TPSA) is 73.0 Å². The summed E-state index contributed by atoms with van der Waals surface area (Å²) in [4.78, 5) is 14.0. The number of nitrogens with zero attached hydrogens (tertiary/aromatic N) is 2. The van der Waals surface area contributed by atoms with Gasteiger partial charge in [0.25, 0.3) is 0 Å². The number of nitrogens with one attached hydrogen (secondary N) is 3. The number of anilines is 1. The standard InChI is InChI=1S/C16H21N5O/c1-2-17-16(22)18-15-13-8-9-21(11-14(13)19-20-15)10-12-6-4-3-5-7-12/h3-7H,2,8-11H2,1H3,(H3,17,18,19,20,22). The fourth-order valence-corrected chi connectivity index (χ4v) is 2.77. The van der Waals surface area contributed by atoms with E-state index in [4.69, 9.17) is 0 Å². The minimum absolute atomic E-state index is 0.205. The van der Waals surface area contributed by atoms with Crippen molar-refractivity contribution in [2.45, 2.75) is 26.4 Å². The average Bonchev–Trinajstić information content (AvgIpc) is 2.91. The maximum atomic E-state index is 11.6. The quantitative estimate of drug-likeness (QED) is 0.809. The van der Waals surface area contributed by atoms with Crippen molar-refractivity contribution >= 4 is 11.8 Å². The van der Waals surface area contributed by atoms with Crippen LogP contribution in [0.1, 0.15) is 23.7 Å². The lowest BCUT2D eigenvalue weighted by Gasteiger charge is -2.26. The Morgan fingerprint density at radius 1 is 1.36 bits per heavy atom. The van der Waals surface area contributed by atoms with Gasteiger partial charge >= 0.3 is 6.03 Å². The van der Waals surface area contributed by atoms with Gasteiger partial charge in [-0.25, -0.2) is 4.79 Å². The molecule has 0 radical (unpaired) electrons. The molecule has 0 bridgehead atoms. The van der Waals surface area contributed by atoms with Crippen molar-refractivity contribution in [1.82, 2.24) is 20.4 Å². The van der Waals surface area contributed by atoms with Gasteiger partial charge in [-0.3, -0.25) is 15.3 Å². The fourth-order valence-electron chi connectivity index (χ4n) is 2.77. The molecule has 2 aromatic rings. The summed E-state index contributed by atoms with van der Waals surface area (Å²) in [5.74, 6) is 0.653. The highest BCUT2D eigenvalue weighted by molar-refractivity contribution is 5.89. The predicted octanol–water partition coefficient (Wildman–Crippen LogP) is 2.11. The van der Waals surface area contributed by atoms with E-state index in [1.165, 1.54) is 5.56 Å². The van der Waals surface area contributed by atoms with Crippen LogP contribution in [0.4, 0.5) is 10.6 Å². The van der Waals surface area contributed by atoms with Crippen molar-refractivity contribution in [2.75, 3.05) is 18.4 Å². The van der Waals surface area contributed by atoms with Crippen LogP contribution in [0.5, 0.6) is 0 Å². The molecular weight excluding hydrogens is 278 g/mol. The molecule has 1 aromatic heterocycles. The second-order valence-electron chi connectivity index (χ2n) is 5.46. The van der Waals surface area contributed by atoms with E-state index in [1.54, 1.807) is 0 Å². The van der Waals surface area contributed by atoms with Crippen molar-refractivity contribution in [1.29, 1.82) is 0 Å². The van der Waals surface area contributed by atoms with Crippen molar-refractivity contribution in [3.63, 3.8) is 0 Å². The summed E-state index contributed by atoms with van der Waals surface area (Å²) in [5.41, 5.74) is 3.52. The Morgan fingerprint density at radius 2 is 2.18 bits per heavy atom. The van der Waals surface area contributed by atoms with Gasteiger partial charge in [-0.1, -0.05) is 30.3 Å². The molecule has 116 valence electrons. The maximum absolute atomic E-state index is 11.6. The first kappa shape index (κ1) is 14.6. The molecule has 0 saturated carbocycles. The number of aromatic nitrogens is 2. The summed E-state index contributed by atoms with van der Waals surface area (Å²) < 4.78 is 0. The average molecular weight is 299 g/mol. The highest BCUT2D eigenvalue weighted by Gasteiger charge is 2.22. The number of amides is 2. The molecule has 6 nitrogen and oxygen atoms in total. The lowest BCUT2D eigenvalue weighted by atomic mass is 10.1. The van der Waals surface area contributed by atoms with Gasteiger partial charge in [-0.2, -0.15) is 5.10 Å². The number of fused-ring (bicyclic) bond motifs is 1. The molecule has 2 heterocycles. The summed E-state index contributed by atoms with van der Waals surface area (Å²) in [7, 11) is 0. The van der Waals surface area contributed by atoms with E-state index in [-0.39, 0.29) is 6.03 Å². The van der Waals surface area contributed by atoms with Crippen LogP contribution in [0.15, 0.2) is 30.3 Å². The number of carbonyl (C=O) groups excluding carboxylic acids is 1. The number of hydrogen-bond donors (Lipinski definition) is 3. The number of carbonyl (C=O) groups is 1. The summed E-state index contributed by atoms with van der Waals surface area (Å²) in [6.45, 7) is 5.21. The van der Waals surface area contributed by atoms with Gasteiger partial charge in [0.1, 0.15) is 0 Å². The SMILES string of the molecule is CCNC(=O)Nc1n[nH]c2c1CCN(Cc1ccccc1)C2. The molecule has 6 heteroatoms. The van der Waals surface area contributed by atoms with Crippen LogP contribution in [0.25, 0.3) is 0 Å². The van der Waals surface area contributed by atoms with Crippen LogP contribution in [0.3, 0.4) is 0 Å². The van der Waals surface area contributed by atoms with Crippen molar-refractivity contribution < 1.29 is 4.79 Å². The van der Waals surface area contributed by atoms with Gasteiger partial charge in [0.2, 0.25) is 0 Å². The molecule has 1 aliphatic rings. The van der Waals surface area contributed by atoms with E-state index in [1.807, 2.05) is 13.0 Å². The zero-order valence-corrected chi connectivity index (χ0v) is 12.7. The van der Waals surface area contributed by atoms with E-state index in [2.05, 4.69) is 50.0 Å². The zero-order valence-electron chi connectivity index (χ0n) is 12.7. The number of H-pyrrole nitrogens is 1. The largest absolute Gasteiger partial charge is 0.338 e. The smallest absolute Gasteiger partial charge is 0.320 e. The van der Waals surface area contributed by atoms with E-state index in [0.717, 1.165) is 37.3 Å². The Bertz CT molecular complexity index is 637. The predicted molar refractivity (Wildman–Crippen MR) is 85.5 cm³/mol. The third kappa shape index (κ3) is 3.28. The summed E-state index contributed by atoms with van der Waals surface area (Å²) in [6.07, 6.45) is 0.889. The van der Waals surface area contributed by atoms with Crippen LogP contribution >= 0.6 is 0 Å². The fraction of sp³-hybridized carbons (Fsp3) is 0.375. The van der Waals surface area contributed by atoms with E-state index < -0.39 is 0 Å². The Kier molecular flexibility index (Phi) is 4.39. The Balaban J connectivity index is 1.65. The Morgan fingerprint density at radius 3 is 2.95 bits per heavy atom. The normalized spacial score (nSPS) is 14.4. The molecule has 1 aliphatic heterocycles. The molecule has 3 rings (SSSR count). The Hall–Kier alpha value is -2.34. The first-order valence-electron chi connectivity index (χ1n) is 7.63. The molecule has 0 fully saturated rings. The van der Waals surface area contributed by atoms with E-state index in [0.29, 0.717) is 12.4 Å². The summed E-state index contributed by atoms with van der Waals surface area (Å²) in [6, 6.07) is 10.2. The number of urea groups is 1. The van der Waals surface area contributed by atoms with Crippen LogP contribution < -0.4 is 10.6 Å². The van der Waals surface area contributed by atoms with Gasteiger partial charge in [0.15, 0.2) is 5.82 Å². The highest BCUT2D eigenvalue weighted by Crippen LogP contribution is 2.24. The minimum Gasteiger partial charge on any atom is -0.338 e. The molecule has 0 unspecified atom stereocenters. The molecule has 22 heavy (non-hydrogen) atoms. The van der Waals surface area contributed by atoms with Gasteiger partial charge < -0.3 is 5.32 Å². The van der Waals surface area contributed by atoms with Gasteiger partial charge in [-0.05, 0) is 18.9 Å². The maximum Gasteiger partial charge on any atom is 0.320 e. The lowest BCUT2D eigenvalue weighted by molar-refractivity contribution is 0.242. The van der Waals surface area contributed by atoms with Crippen molar-refractivity contribution in [2.24, 2.45) is 0 Å². The van der Waals surface area contributed by atoms with Crippen LogP contribution in [-0.4, -0.2) is 34.2 Å². The first-order valence-corrected chi connectivity index (χ1v) is 7.63. The van der Waals surface area contributed by atoms with Gasteiger partial charge in [-0.15, -0.1) is 0 Å². The van der Waals surface area contributed by atoms with Gasteiger partial charge in [0, 0.05) is 31.7 Å². The van der Waals surface area contributed by atoms with Crippen LogP contribution in [0, 0.1) is 0 Å². The third-order valence-electron chi connectivity index (χ3n) is 3.83. The van der Waals surface area contributed by atoms with Crippen molar-refractivity contribution in [3.8, 4) is 0 Å². The zero-order chi connectivity index (χ0) is 15.4. The number of benzene rings is 1. The lowest BCUT2D eigenvalue weighted by Crippen LogP contribution is -2.31. The second-order valence-corrected chi connectivity index (χ2v) is 5.46. The first-order chi connectivity index (χ1) is 10.8. The van der Waals surface area contributed by atoms with Gasteiger partial charge in [0.05, 0.1) is 5.69 Å². The third-order valence-corrected chi connectivity index (χ3v) is 3.83. The Labute approximate surface area is 129 Å². The number of aromatic amines is 1. The molecule has 0 spiro atoms. The van der Waals surface area contributed by atoms with E-state index >= 15 is 0 Å². The summed E-state index contributed by atoms with van der Waals surface area (Å²) in [5, 5.41) is 12.8. The molecular formula is C16H21N5O.